The number of carbonyl (C=O) groups excluding carboxylic acids is 2. The van der Waals surface area contributed by atoms with Crippen molar-refractivity contribution in [3.05, 3.63) is 58.6 Å². The molecule has 0 saturated carbocycles. The Kier molecular flexibility index (Phi) is 7.54. The van der Waals surface area contributed by atoms with E-state index in [9.17, 15) is 37.8 Å². The van der Waals surface area contributed by atoms with Gasteiger partial charge in [-0.1, -0.05) is 30.3 Å². The molecule has 1 aliphatic heterocycles. The summed E-state index contributed by atoms with van der Waals surface area (Å²) in [7, 11) is 0. The molecule has 184 valence electrons. The second kappa shape index (κ2) is 10.2. The maximum Gasteiger partial charge on any atom is 0.405 e. The van der Waals surface area contributed by atoms with Gasteiger partial charge in [-0.2, -0.15) is 18.2 Å². The minimum Gasteiger partial charge on any atom is -0.387 e. The maximum absolute atomic E-state index is 12.8. The minimum atomic E-state index is -4.67. The van der Waals surface area contributed by atoms with Gasteiger partial charge in [0.05, 0.1) is 0 Å². The zero-order valence-corrected chi connectivity index (χ0v) is 17.5. The summed E-state index contributed by atoms with van der Waals surface area (Å²) in [5.74, 6) is -2.29. The van der Waals surface area contributed by atoms with Crippen molar-refractivity contribution in [3.63, 3.8) is 0 Å². The molecule has 5 atom stereocenters. The van der Waals surface area contributed by atoms with Crippen LogP contribution in [0.5, 0.6) is 0 Å². The van der Waals surface area contributed by atoms with Crippen molar-refractivity contribution in [1.29, 1.82) is 0 Å². The molecule has 0 unspecified atom stereocenters. The molecule has 14 heteroatoms. The smallest absolute Gasteiger partial charge is 0.387 e. The molecule has 2 aromatic rings. The monoisotopic (exact) mass is 485 g/mol. The number of hydrogen-bond acceptors (Lipinski definition) is 8. The van der Waals surface area contributed by atoms with E-state index in [4.69, 9.17) is 10.5 Å². The van der Waals surface area contributed by atoms with Gasteiger partial charge < -0.3 is 31.3 Å². The van der Waals surface area contributed by atoms with Gasteiger partial charge in [-0.15, -0.1) is 0 Å². The Morgan fingerprint density at radius 1 is 1.18 bits per heavy atom. The standard InChI is InChI=1S/C20H22F3N5O6/c21-20(22,23)9-25-16(31)11(8-10-4-2-1-3-5-10)26-17(32)15-13(29)14(30)18(34-15)28-7-6-12(24)27-19(28)33/h1-7,11,13-15,18,29-30H,8-9H2,(H,25,31)(H,26,32)(H2,24,27,33)/t11-,13+,14-,15+,18-/m1/s1. The van der Waals surface area contributed by atoms with Gasteiger partial charge in [0.2, 0.25) is 5.91 Å². The number of nitrogen functional groups attached to an aromatic ring is 1. The highest BCUT2D eigenvalue weighted by Crippen LogP contribution is 2.28. The van der Waals surface area contributed by atoms with Crippen molar-refractivity contribution in [3.8, 4) is 0 Å². The van der Waals surface area contributed by atoms with Crippen LogP contribution in [0.15, 0.2) is 47.4 Å². The predicted molar refractivity (Wildman–Crippen MR) is 110 cm³/mol. The second-order valence-electron chi connectivity index (χ2n) is 7.55. The number of benzene rings is 1. The van der Waals surface area contributed by atoms with E-state index < -0.39 is 60.8 Å². The molecule has 2 heterocycles. The molecule has 0 bridgehead atoms. The highest BCUT2D eigenvalue weighted by Gasteiger charge is 2.48. The fraction of sp³-hybridized carbons (Fsp3) is 0.400. The van der Waals surface area contributed by atoms with E-state index in [1.807, 2.05) is 0 Å². The predicted octanol–water partition coefficient (Wildman–Crippen LogP) is -1.15. The molecule has 34 heavy (non-hydrogen) atoms. The quantitative estimate of drug-likeness (QED) is 0.328. The third kappa shape index (κ3) is 6.09. The average molecular weight is 485 g/mol. The summed E-state index contributed by atoms with van der Waals surface area (Å²) in [6, 6.07) is 7.98. The lowest BCUT2D eigenvalue weighted by molar-refractivity contribution is -0.144. The number of rotatable bonds is 7. The molecule has 2 amide bonds. The van der Waals surface area contributed by atoms with Crippen molar-refractivity contribution in [2.45, 2.75) is 43.2 Å². The lowest BCUT2D eigenvalue weighted by Gasteiger charge is -2.22. The van der Waals surface area contributed by atoms with E-state index in [2.05, 4.69) is 10.3 Å². The summed E-state index contributed by atoms with van der Waals surface area (Å²) in [6.07, 6.45) is -10.5. The molecule has 1 saturated heterocycles. The summed E-state index contributed by atoms with van der Waals surface area (Å²) in [5.41, 5.74) is 5.04. The van der Waals surface area contributed by atoms with Crippen LogP contribution in [-0.2, 0) is 20.7 Å². The molecule has 1 aromatic carbocycles. The van der Waals surface area contributed by atoms with Crippen molar-refractivity contribution >= 4 is 17.6 Å². The number of nitrogens with two attached hydrogens (primary N) is 1. The Bertz CT molecular complexity index is 1080. The van der Waals surface area contributed by atoms with Crippen molar-refractivity contribution in [2.75, 3.05) is 12.3 Å². The molecule has 1 aliphatic rings. The number of hydrogen-bond donors (Lipinski definition) is 5. The Morgan fingerprint density at radius 3 is 2.47 bits per heavy atom. The largest absolute Gasteiger partial charge is 0.405 e. The first-order chi connectivity index (χ1) is 16.0. The minimum absolute atomic E-state index is 0.0998. The summed E-state index contributed by atoms with van der Waals surface area (Å²) >= 11 is 0. The lowest BCUT2D eigenvalue weighted by atomic mass is 10.0. The number of halogens is 3. The van der Waals surface area contributed by atoms with Crippen LogP contribution in [0.3, 0.4) is 0 Å². The van der Waals surface area contributed by atoms with Crippen LogP contribution in [0.1, 0.15) is 11.8 Å². The normalized spacial score (nSPS) is 23.3. The molecule has 11 nitrogen and oxygen atoms in total. The lowest BCUT2D eigenvalue weighted by Crippen LogP contribution is -2.53. The molecule has 1 fully saturated rings. The number of aromatic nitrogens is 2. The molecule has 0 aliphatic carbocycles. The first-order valence-corrected chi connectivity index (χ1v) is 10.0. The Balaban J connectivity index is 1.76. The number of carbonyl (C=O) groups is 2. The molecule has 0 spiro atoms. The van der Waals surface area contributed by atoms with Gasteiger partial charge in [0.15, 0.2) is 12.3 Å². The first-order valence-electron chi connectivity index (χ1n) is 10.0. The summed E-state index contributed by atoms with van der Waals surface area (Å²) < 4.78 is 43.8. The number of alkyl halides is 3. The van der Waals surface area contributed by atoms with E-state index in [1.165, 1.54) is 6.07 Å². The van der Waals surface area contributed by atoms with Gasteiger partial charge in [0, 0.05) is 12.6 Å². The number of nitrogens with one attached hydrogen (secondary N) is 2. The Labute approximate surface area is 190 Å². The summed E-state index contributed by atoms with van der Waals surface area (Å²) in [4.78, 5) is 40.7. The van der Waals surface area contributed by atoms with Crippen LogP contribution in [0.4, 0.5) is 19.0 Å². The fourth-order valence-electron chi connectivity index (χ4n) is 3.35. The van der Waals surface area contributed by atoms with E-state index in [0.29, 0.717) is 5.56 Å². The third-order valence-electron chi connectivity index (χ3n) is 5.00. The molecular weight excluding hydrogens is 463 g/mol. The van der Waals surface area contributed by atoms with Gasteiger partial charge in [-0.25, -0.2) is 4.79 Å². The van der Waals surface area contributed by atoms with Gasteiger partial charge >= 0.3 is 11.9 Å². The van der Waals surface area contributed by atoms with E-state index in [0.717, 1.165) is 10.8 Å². The van der Waals surface area contributed by atoms with Gasteiger partial charge in [-0.3, -0.25) is 14.2 Å². The highest BCUT2D eigenvalue weighted by molar-refractivity contribution is 5.90. The first kappa shape index (κ1) is 25.1. The fourth-order valence-corrected chi connectivity index (χ4v) is 3.35. The SMILES string of the molecule is Nc1ccn([C@@H]2O[C@H](C(=O)N[C@H](Cc3ccccc3)C(=O)NCC(F)(F)F)[C@@H](O)[C@H]2O)c(=O)n1. The van der Waals surface area contributed by atoms with Crippen molar-refractivity contribution in [1.82, 2.24) is 20.2 Å². The maximum atomic E-state index is 12.8. The highest BCUT2D eigenvalue weighted by atomic mass is 19.4. The third-order valence-corrected chi connectivity index (χ3v) is 5.00. The zero-order chi connectivity index (χ0) is 25.0. The molecule has 0 radical (unpaired) electrons. The molecule has 6 N–H and O–H groups in total. The van der Waals surface area contributed by atoms with Crippen LogP contribution >= 0.6 is 0 Å². The number of nitrogens with zero attached hydrogens (tertiary/aromatic N) is 2. The van der Waals surface area contributed by atoms with Crippen LogP contribution in [0.2, 0.25) is 0 Å². The van der Waals surface area contributed by atoms with Crippen molar-refractivity contribution < 1.29 is 37.7 Å². The van der Waals surface area contributed by atoms with Crippen LogP contribution in [-0.4, -0.2) is 68.7 Å². The van der Waals surface area contributed by atoms with E-state index in [1.54, 1.807) is 35.6 Å². The van der Waals surface area contributed by atoms with Gasteiger partial charge in [0.1, 0.15) is 30.6 Å². The topological polar surface area (TPSA) is 169 Å². The number of anilines is 1. The number of amides is 2. The Morgan fingerprint density at radius 2 is 1.85 bits per heavy atom. The summed E-state index contributed by atoms with van der Waals surface area (Å²) in [5, 5.41) is 24.6. The van der Waals surface area contributed by atoms with E-state index in [-0.39, 0.29) is 12.2 Å². The van der Waals surface area contributed by atoms with Crippen LogP contribution in [0, 0.1) is 0 Å². The van der Waals surface area contributed by atoms with Crippen molar-refractivity contribution in [2.24, 2.45) is 0 Å². The van der Waals surface area contributed by atoms with E-state index >= 15 is 0 Å². The molecule has 3 rings (SSSR count). The average Bonchev–Trinajstić information content (AvgIpc) is 3.06. The molecule has 1 aromatic heterocycles. The number of aliphatic hydroxyl groups excluding tert-OH is 2. The van der Waals surface area contributed by atoms with Gasteiger partial charge in [-0.05, 0) is 11.6 Å². The number of ether oxygens (including phenoxy) is 1. The Hall–Kier alpha value is -3.49. The molecular formula is C20H22F3N5O6. The zero-order valence-electron chi connectivity index (χ0n) is 17.5. The van der Waals surface area contributed by atoms with Crippen LogP contribution in [0.25, 0.3) is 0 Å². The summed E-state index contributed by atoms with van der Waals surface area (Å²) in [6.45, 7) is -1.61. The number of aliphatic hydroxyl groups is 2. The van der Waals surface area contributed by atoms with Gasteiger partial charge in [0.25, 0.3) is 5.91 Å². The van der Waals surface area contributed by atoms with Crippen LogP contribution < -0.4 is 22.1 Å². The second-order valence-corrected chi connectivity index (χ2v) is 7.55.